The van der Waals surface area contributed by atoms with E-state index in [1.54, 1.807) is 11.3 Å². The first-order valence-electron chi connectivity index (χ1n) is 5.53. The summed E-state index contributed by atoms with van der Waals surface area (Å²) in [6, 6.07) is 0.0195. The number of aromatic nitrogens is 1. The van der Waals surface area contributed by atoms with Gasteiger partial charge in [-0.2, -0.15) is 0 Å². The number of nitrogens with two attached hydrogens (primary N) is 1. The minimum atomic E-state index is 0.0195. The van der Waals surface area contributed by atoms with Crippen molar-refractivity contribution in [2.24, 2.45) is 5.73 Å². The molecule has 0 saturated heterocycles. The number of thiazole rings is 1. The summed E-state index contributed by atoms with van der Waals surface area (Å²) in [7, 11) is 0. The van der Waals surface area contributed by atoms with Crippen molar-refractivity contribution in [3.05, 3.63) is 16.1 Å². The predicted molar refractivity (Wildman–Crippen MR) is 69.1 cm³/mol. The van der Waals surface area contributed by atoms with Gasteiger partial charge in [0.05, 0.1) is 18.3 Å². The van der Waals surface area contributed by atoms with E-state index in [0.717, 1.165) is 30.2 Å². The quantitative estimate of drug-likeness (QED) is 0.770. The molecule has 1 rings (SSSR count). The summed E-state index contributed by atoms with van der Waals surface area (Å²) in [6.07, 6.45) is 6.44. The molecule has 0 fully saturated rings. The molecule has 1 aromatic heterocycles. The molecule has 2 N–H and O–H groups in total. The number of rotatable bonds is 6. The van der Waals surface area contributed by atoms with Crippen LogP contribution in [0.25, 0.3) is 0 Å². The van der Waals surface area contributed by atoms with Gasteiger partial charge in [-0.3, -0.25) is 4.90 Å². The van der Waals surface area contributed by atoms with E-state index in [2.05, 4.69) is 28.1 Å². The van der Waals surface area contributed by atoms with Gasteiger partial charge in [0.15, 0.2) is 0 Å². The van der Waals surface area contributed by atoms with Crippen LogP contribution in [-0.4, -0.2) is 23.0 Å². The van der Waals surface area contributed by atoms with Crippen LogP contribution >= 0.6 is 11.3 Å². The van der Waals surface area contributed by atoms with Gasteiger partial charge in [-0.25, -0.2) is 4.98 Å². The Bertz CT molecular complexity index is 351. The molecule has 1 heterocycles. The van der Waals surface area contributed by atoms with Crippen molar-refractivity contribution < 1.29 is 0 Å². The van der Waals surface area contributed by atoms with E-state index in [0.29, 0.717) is 6.54 Å². The van der Waals surface area contributed by atoms with Crippen molar-refractivity contribution in [1.82, 2.24) is 9.88 Å². The first-order valence-corrected chi connectivity index (χ1v) is 6.41. The van der Waals surface area contributed by atoms with Gasteiger partial charge in [0.25, 0.3) is 0 Å². The zero-order valence-corrected chi connectivity index (χ0v) is 10.8. The Kier molecular flexibility index (Phi) is 5.47. The molecule has 0 aliphatic carbocycles. The van der Waals surface area contributed by atoms with Crippen LogP contribution in [0.3, 0.4) is 0 Å². The molecule has 0 saturated carbocycles. The summed E-state index contributed by atoms with van der Waals surface area (Å²) in [5.74, 6) is 2.68. The number of nitrogens with zero attached hydrogens (tertiary/aromatic N) is 2. The van der Waals surface area contributed by atoms with E-state index in [-0.39, 0.29) is 6.04 Å². The highest BCUT2D eigenvalue weighted by Gasteiger charge is 2.09. The van der Waals surface area contributed by atoms with E-state index in [4.69, 9.17) is 12.2 Å². The SMILES string of the molecule is C#CCN(CCC)Cc1csc(C(C)N)n1. The fraction of sp³-hybridized carbons (Fsp3) is 0.583. The lowest BCUT2D eigenvalue weighted by molar-refractivity contribution is 0.296. The third-order valence-electron chi connectivity index (χ3n) is 2.20. The Morgan fingerprint density at radius 1 is 1.69 bits per heavy atom. The maximum atomic E-state index is 5.78. The van der Waals surface area contributed by atoms with Crippen LogP contribution in [0.4, 0.5) is 0 Å². The molecular weight excluding hydrogens is 218 g/mol. The van der Waals surface area contributed by atoms with Gasteiger partial charge in [-0.05, 0) is 19.9 Å². The second kappa shape index (κ2) is 6.64. The van der Waals surface area contributed by atoms with E-state index in [1.165, 1.54) is 0 Å². The van der Waals surface area contributed by atoms with Crippen molar-refractivity contribution in [2.75, 3.05) is 13.1 Å². The summed E-state index contributed by atoms with van der Waals surface area (Å²) >= 11 is 1.62. The van der Waals surface area contributed by atoms with Gasteiger partial charge in [-0.15, -0.1) is 17.8 Å². The standard InChI is InChI=1S/C12H19N3S/c1-4-6-15(7-5-2)8-11-9-16-12(14-11)10(3)13/h1,9-10H,5-8,13H2,2-3H3. The average Bonchev–Trinajstić information content (AvgIpc) is 2.67. The Hall–Kier alpha value is -0.890. The fourth-order valence-corrected chi connectivity index (χ4v) is 2.26. The molecule has 1 unspecified atom stereocenters. The third-order valence-corrected chi connectivity index (χ3v) is 3.29. The summed E-state index contributed by atoms with van der Waals surface area (Å²) in [5, 5.41) is 3.06. The molecule has 1 atom stereocenters. The second-order valence-corrected chi connectivity index (χ2v) is 4.77. The summed E-state index contributed by atoms with van der Waals surface area (Å²) < 4.78 is 0. The summed E-state index contributed by atoms with van der Waals surface area (Å²) in [5.41, 5.74) is 6.85. The predicted octanol–water partition coefficient (Wildman–Crippen LogP) is 2.01. The Balaban J connectivity index is 2.59. The molecule has 4 heteroatoms. The van der Waals surface area contributed by atoms with Crippen LogP contribution in [0, 0.1) is 12.3 Å². The van der Waals surface area contributed by atoms with Gasteiger partial charge >= 0.3 is 0 Å². The zero-order valence-electron chi connectivity index (χ0n) is 9.94. The molecule has 0 radical (unpaired) electrons. The smallest absolute Gasteiger partial charge is 0.109 e. The molecule has 0 aromatic carbocycles. The Morgan fingerprint density at radius 2 is 2.44 bits per heavy atom. The fourth-order valence-electron chi connectivity index (χ4n) is 1.49. The maximum absolute atomic E-state index is 5.78. The monoisotopic (exact) mass is 237 g/mol. The lowest BCUT2D eigenvalue weighted by Crippen LogP contribution is -2.24. The van der Waals surface area contributed by atoms with Crippen LogP contribution in [0.1, 0.15) is 37.0 Å². The van der Waals surface area contributed by atoms with Crippen LogP contribution < -0.4 is 5.73 Å². The molecule has 16 heavy (non-hydrogen) atoms. The molecule has 0 spiro atoms. The maximum Gasteiger partial charge on any atom is 0.109 e. The lowest BCUT2D eigenvalue weighted by Gasteiger charge is -2.17. The molecule has 1 aromatic rings. The minimum absolute atomic E-state index is 0.0195. The van der Waals surface area contributed by atoms with Gasteiger partial charge in [0.2, 0.25) is 0 Å². The summed E-state index contributed by atoms with van der Waals surface area (Å²) in [4.78, 5) is 6.72. The van der Waals surface area contributed by atoms with Gasteiger partial charge < -0.3 is 5.73 Å². The van der Waals surface area contributed by atoms with E-state index >= 15 is 0 Å². The molecule has 88 valence electrons. The largest absolute Gasteiger partial charge is 0.322 e. The molecule has 3 nitrogen and oxygen atoms in total. The number of hydrogen-bond donors (Lipinski definition) is 1. The second-order valence-electron chi connectivity index (χ2n) is 3.88. The first kappa shape index (κ1) is 13.2. The van der Waals surface area contributed by atoms with Crippen LogP contribution in [0.5, 0.6) is 0 Å². The normalized spacial score (nSPS) is 12.7. The van der Waals surface area contributed by atoms with Crippen molar-refractivity contribution in [1.29, 1.82) is 0 Å². The summed E-state index contributed by atoms with van der Waals surface area (Å²) in [6.45, 7) is 6.61. The van der Waals surface area contributed by atoms with Crippen molar-refractivity contribution in [3.8, 4) is 12.3 Å². The molecule has 0 bridgehead atoms. The number of terminal acetylenes is 1. The first-order chi connectivity index (χ1) is 7.67. The van der Waals surface area contributed by atoms with E-state index < -0.39 is 0 Å². The van der Waals surface area contributed by atoms with E-state index in [9.17, 15) is 0 Å². The van der Waals surface area contributed by atoms with Crippen molar-refractivity contribution in [3.63, 3.8) is 0 Å². The highest BCUT2D eigenvalue weighted by Crippen LogP contribution is 2.16. The third kappa shape index (κ3) is 3.93. The highest BCUT2D eigenvalue weighted by atomic mass is 32.1. The van der Waals surface area contributed by atoms with Crippen molar-refractivity contribution >= 4 is 11.3 Å². The molecule has 0 amide bonds. The van der Waals surface area contributed by atoms with Crippen LogP contribution in [0.15, 0.2) is 5.38 Å². The average molecular weight is 237 g/mol. The lowest BCUT2D eigenvalue weighted by atomic mass is 10.3. The van der Waals surface area contributed by atoms with Gasteiger partial charge in [0, 0.05) is 11.9 Å². The number of hydrogen-bond acceptors (Lipinski definition) is 4. The van der Waals surface area contributed by atoms with Crippen molar-refractivity contribution in [2.45, 2.75) is 32.9 Å². The zero-order chi connectivity index (χ0) is 12.0. The molecular formula is C12H19N3S. The van der Waals surface area contributed by atoms with Gasteiger partial charge in [-0.1, -0.05) is 12.8 Å². The Morgan fingerprint density at radius 3 is 2.94 bits per heavy atom. The molecule has 0 aliphatic heterocycles. The van der Waals surface area contributed by atoms with Gasteiger partial charge in [0.1, 0.15) is 5.01 Å². The topological polar surface area (TPSA) is 42.1 Å². The Labute approximate surface area is 102 Å². The van der Waals surface area contributed by atoms with Crippen LogP contribution in [-0.2, 0) is 6.54 Å². The van der Waals surface area contributed by atoms with Crippen LogP contribution in [0.2, 0.25) is 0 Å². The highest BCUT2D eigenvalue weighted by molar-refractivity contribution is 7.09. The minimum Gasteiger partial charge on any atom is -0.322 e. The molecule has 0 aliphatic rings. The van der Waals surface area contributed by atoms with E-state index in [1.807, 2.05) is 6.92 Å².